The first kappa shape index (κ1) is 22.6. The summed E-state index contributed by atoms with van der Waals surface area (Å²) in [4.78, 5) is 32.8. The van der Waals surface area contributed by atoms with Crippen molar-refractivity contribution < 1.29 is 4.79 Å². The van der Waals surface area contributed by atoms with Crippen molar-refractivity contribution in [2.45, 2.75) is 13.3 Å². The number of H-pyrrole nitrogens is 1. The van der Waals surface area contributed by atoms with Crippen LogP contribution in [0.3, 0.4) is 0 Å². The van der Waals surface area contributed by atoms with E-state index < -0.39 is 11.5 Å². The largest absolute Gasteiger partial charge is 0.384 e. The molecule has 1 fully saturated rings. The Balaban J connectivity index is 1.45. The third-order valence-electron chi connectivity index (χ3n) is 5.97. The van der Waals surface area contributed by atoms with E-state index in [-0.39, 0.29) is 5.56 Å². The van der Waals surface area contributed by atoms with Gasteiger partial charge in [-0.15, -0.1) is 0 Å². The molecule has 0 bridgehead atoms. The number of carbonyl (C=O) groups excluding carboxylic acids is 1. The second-order valence-corrected chi connectivity index (χ2v) is 8.56. The molecule has 3 aromatic rings. The third kappa shape index (κ3) is 5.81. The lowest BCUT2D eigenvalue weighted by atomic mass is 10.1. The van der Waals surface area contributed by atoms with Gasteiger partial charge in [0.2, 0.25) is 0 Å². The number of aromatic amines is 1. The van der Waals surface area contributed by atoms with Crippen LogP contribution in [0.25, 0.3) is 0 Å². The Morgan fingerprint density at radius 2 is 1.82 bits per heavy atom. The number of pyridine rings is 1. The summed E-state index contributed by atoms with van der Waals surface area (Å²) in [6.07, 6.45) is 2.35. The fourth-order valence-corrected chi connectivity index (χ4v) is 4.10. The minimum atomic E-state index is -0.426. The van der Waals surface area contributed by atoms with Gasteiger partial charge < -0.3 is 25.4 Å². The maximum absolute atomic E-state index is 13.1. The van der Waals surface area contributed by atoms with Gasteiger partial charge in [0.05, 0.1) is 5.69 Å². The summed E-state index contributed by atoms with van der Waals surface area (Å²) in [5, 5.41) is 6.17. The molecule has 7 nitrogen and oxygen atoms in total. The standard InChI is InChI=1S/C26H31N5O2/c1-19-5-3-6-20(17-19)9-11-27-23-10-12-28-25(32)24(23)26(33)29-21-7-4-8-22(18-21)31-15-13-30(2)14-16-31/h3-8,10,12,17-18H,9,11,13-16H2,1-2H3,(H,29,33)(H2,27,28,32). The molecule has 0 radical (unpaired) electrons. The summed E-state index contributed by atoms with van der Waals surface area (Å²) < 4.78 is 0. The molecule has 1 amide bonds. The zero-order chi connectivity index (χ0) is 23.2. The van der Waals surface area contributed by atoms with Gasteiger partial charge in [-0.25, -0.2) is 0 Å². The lowest BCUT2D eigenvalue weighted by Gasteiger charge is -2.34. The van der Waals surface area contributed by atoms with Crippen molar-refractivity contribution in [1.29, 1.82) is 0 Å². The zero-order valence-corrected chi connectivity index (χ0v) is 19.2. The van der Waals surface area contributed by atoms with Crippen LogP contribution in [-0.2, 0) is 6.42 Å². The predicted octanol–water partition coefficient (Wildman–Crippen LogP) is 3.34. The number of aromatic nitrogens is 1. The molecule has 1 aliphatic rings. The summed E-state index contributed by atoms with van der Waals surface area (Å²) in [5.74, 6) is -0.426. The Labute approximate surface area is 194 Å². The molecule has 0 aliphatic carbocycles. The summed E-state index contributed by atoms with van der Waals surface area (Å²) in [5.41, 5.74) is 4.36. The van der Waals surface area contributed by atoms with Crippen LogP contribution < -0.4 is 21.1 Å². The molecular formula is C26H31N5O2. The van der Waals surface area contributed by atoms with E-state index in [1.54, 1.807) is 12.3 Å². The number of hydrogen-bond donors (Lipinski definition) is 3. The number of carbonyl (C=O) groups is 1. The SMILES string of the molecule is Cc1cccc(CCNc2cc[nH]c(=O)c2C(=O)Nc2cccc(N3CCN(C)CC3)c2)c1. The number of rotatable bonds is 7. The number of nitrogens with one attached hydrogen (secondary N) is 3. The van der Waals surface area contributed by atoms with Gasteiger partial charge in [0.1, 0.15) is 5.56 Å². The first-order valence-electron chi connectivity index (χ1n) is 11.4. The van der Waals surface area contributed by atoms with Crippen LogP contribution in [0, 0.1) is 6.92 Å². The molecule has 1 aliphatic heterocycles. The van der Waals surface area contributed by atoms with Crippen LogP contribution >= 0.6 is 0 Å². The monoisotopic (exact) mass is 445 g/mol. The lowest BCUT2D eigenvalue weighted by molar-refractivity contribution is 0.102. The van der Waals surface area contributed by atoms with Gasteiger partial charge in [-0.3, -0.25) is 9.59 Å². The molecule has 4 rings (SSSR count). The minimum absolute atomic E-state index is 0.0896. The molecule has 7 heteroatoms. The number of likely N-dealkylation sites (N-methyl/N-ethyl adjacent to an activating group) is 1. The number of aryl methyl sites for hydroxylation is 1. The molecule has 3 N–H and O–H groups in total. The number of amides is 1. The number of nitrogens with zero attached hydrogens (tertiary/aromatic N) is 2. The lowest BCUT2D eigenvalue weighted by Crippen LogP contribution is -2.44. The van der Waals surface area contributed by atoms with E-state index in [1.165, 1.54) is 11.1 Å². The molecule has 0 unspecified atom stereocenters. The van der Waals surface area contributed by atoms with Crippen LogP contribution in [0.15, 0.2) is 65.6 Å². The number of piperazine rings is 1. The average Bonchev–Trinajstić information content (AvgIpc) is 2.80. The number of anilines is 3. The van der Waals surface area contributed by atoms with Gasteiger partial charge in [-0.05, 0) is 50.2 Å². The van der Waals surface area contributed by atoms with Gasteiger partial charge in [0, 0.05) is 50.3 Å². The maximum Gasteiger partial charge on any atom is 0.263 e. The van der Waals surface area contributed by atoms with Crippen LogP contribution in [-0.4, -0.2) is 55.6 Å². The van der Waals surface area contributed by atoms with E-state index in [1.807, 2.05) is 24.3 Å². The Morgan fingerprint density at radius 1 is 1.03 bits per heavy atom. The Morgan fingerprint density at radius 3 is 2.61 bits per heavy atom. The normalized spacial score (nSPS) is 14.2. The number of hydrogen-bond acceptors (Lipinski definition) is 5. The van der Waals surface area contributed by atoms with Gasteiger partial charge >= 0.3 is 0 Å². The predicted molar refractivity (Wildman–Crippen MR) is 135 cm³/mol. The van der Waals surface area contributed by atoms with Gasteiger partial charge in [-0.2, -0.15) is 0 Å². The summed E-state index contributed by atoms with van der Waals surface area (Å²) in [6, 6.07) is 17.8. The van der Waals surface area contributed by atoms with Crippen molar-refractivity contribution >= 4 is 23.0 Å². The van der Waals surface area contributed by atoms with E-state index in [2.05, 4.69) is 63.7 Å². The van der Waals surface area contributed by atoms with Crippen molar-refractivity contribution in [2.75, 3.05) is 55.3 Å². The van der Waals surface area contributed by atoms with Crippen molar-refractivity contribution in [3.05, 3.63) is 87.8 Å². The molecule has 1 saturated heterocycles. The zero-order valence-electron chi connectivity index (χ0n) is 19.2. The second-order valence-electron chi connectivity index (χ2n) is 8.56. The van der Waals surface area contributed by atoms with E-state index in [0.29, 0.717) is 17.9 Å². The molecule has 1 aromatic heterocycles. The maximum atomic E-state index is 13.1. The highest BCUT2D eigenvalue weighted by Gasteiger charge is 2.18. The Hall–Kier alpha value is -3.58. The molecule has 172 valence electrons. The first-order chi connectivity index (χ1) is 16.0. The van der Waals surface area contributed by atoms with E-state index in [0.717, 1.165) is 38.3 Å². The first-order valence-corrected chi connectivity index (χ1v) is 11.4. The molecule has 0 spiro atoms. The molecule has 0 atom stereocenters. The van der Waals surface area contributed by atoms with E-state index in [4.69, 9.17) is 0 Å². The fourth-order valence-electron chi connectivity index (χ4n) is 4.10. The minimum Gasteiger partial charge on any atom is -0.384 e. The van der Waals surface area contributed by atoms with Crippen molar-refractivity contribution in [2.24, 2.45) is 0 Å². The smallest absolute Gasteiger partial charge is 0.263 e. The molecule has 33 heavy (non-hydrogen) atoms. The summed E-state index contributed by atoms with van der Waals surface area (Å²) in [6.45, 7) is 6.59. The topological polar surface area (TPSA) is 80.5 Å². The van der Waals surface area contributed by atoms with Crippen LogP contribution in [0.5, 0.6) is 0 Å². The highest BCUT2D eigenvalue weighted by atomic mass is 16.2. The number of benzene rings is 2. The quantitative estimate of drug-likeness (QED) is 0.520. The Kier molecular flexibility index (Phi) is 7.10. The second kappa shape index (κ2) is 10.4. The van der Waals surface area contributed by atoms with E-state index in [9.17, 15) is 9.59 Å². The van der Waals surface area contributed by atoms with Crippen molar-refractivity contribution in [3.8, 4) is 0 Å². The Bertz CT molecular complexity index is 1170. The van der Waals surface area contributed by atoms with Gasteiger partial charge in [0.25, 0.3) is 11.5 Å². The summed E-state index contributed by atoms with van der Waals surface area (Å²) >= 11 is 0. The van der Waals surface area contributed by atoms with Crippen molar-refractivity contribution in [1.82, 2.24) is 9.88 Å². The van der Waals surface area contributed by atoms with Crippen molar-refractivity contribution in [3.63, 3.8) is 0 Å². The molecular weight excluding hydrogens is 414 g/mol. The van der Waals surface area contributed by atoms with Crippen LogP contribution in [0.2, 0.25) is 0 Å². The average molecular weight is 446 g/mol. The third-order valence-corrected chi connectivity index (χ3v) is 5.97. The molecule has 2 heterocycles. The summed E-state index contributed by atoms with van der Waals surface area (Å²) in [7, 11) is 2.12. The van der Waals surface area contributed by atoms with E-state index >= 15 is 0 Å². The highest BCUT2D eigenvalue weighted by molar-refractivity contribution is 6.07. The van der Waals surface area contributed by atoms with Gasteiger partial charge in [-0.1, -0.05) is 35.9 Å². The van der Waals surface area contributed by atoms with Gasteiger partial charge in [0.15, 0.2) is 0 Å². The van der Waals surface area contributed by atoms with Crippen LogP contribution in [0.4, 0.5) is 17.1 Å². The fraction of sp³-hybridized carbons (Fsp3) is 0.308. The van der Waals surface area contributed by atoms with Crippen LogP contribution in [0.1, 0.15) is 21.5 Å². The highest BCUT2D eigenvalue weighted by Crippen LogP contribution is 2.22. The molecule has 2 aromatic carbocycles. The molecule has 0 saturated carbocycles.